The van der Waals surface area contributed by atoms with Crippen LogP contribution in [0.1, 0.15) is 44.5 Å². The summed E-state index contributed by atoms with van der Waals surface area (Å²) >= 11 is 0. The summed E-state index contributed by atoms with van der Waals surface area (Å²) in [5.74, 6) is 4.46. The normalized spacial score (nSPS) is 14.4. The van der Waals surface area contributed by atoms with Crippen molar-refractivity contribution in [3.63, 3.8) is 0 Å². The van der Waals surface area contributed by atoms with E-state index in [0.717, 1.165) is 212 Å². The summed E-state index contributed by atoms with van der Waals surface area (Å²) in [5, 5.41) is 4.25. The van der Waals surface area contributed by atoms with Gasteiger partial charge in [-0.25, -0.2) is 19.9 Å². The van der Waals surface area contributed by atoms with Crippen LogP contribution in [0.15, 0.2) is 361 Å². The molecule has 502 valence electrons. The van der Waals surface area contributed by atoms with E-state index in [1.165, 1.54) is 0 Å². The molecule has 19 aromatic rings. The molecule has 108 heavy (non-hydrogen) atoms. The summed E-state index contributed by atoms with van der Waals surface area (Å²) in [7, 11) is 0. The fourth-order valence-electron chi connectivity index (χ4n) is 18.2. The Bertz CT molecular complexity index is 6920. The number of aromatic nitrogens is 4. The SMILES string of the molecule is c1ccc(-c2cc(-c3cccc(-c4ccc5c(c4)-c4cc6oc7ccccc7c6cc4C54c5ccccc5Oc5c(-c6cccc(-c7nc(-c8ccccc8)cc(-c8cccc9c8-c8cc%10oc%11ccccc%11c%10cc8C98c9ccccc9Oc9ccccc98)n7)c6)cccc54)c3)nc(-c3ccccc3)n2)cc1. The third-order valence-corrected chi connectivity index (χ3v) is 22.8. The van der Waals surface area contributed by atoms with Gasteiger partial charge < -0.3 is 18.3 Å². The van der Waals surface area contributed by atoms with Crippen molar-refractivity contribution in [2.45, 2.75) is 10.8 Å². The van der Waals surface area contributed by atoms with Gasteiger partial charge >= 0.3 is 0 Å². The Kier molecular flexibility index (Phi) is 12.8. The van der Waals surface area contributed by atoms with Gasteiger partial charge in [-0.15, -0.1) is 0 Å². The van der Waals surface area contributed by atoms with Gasteiger partial charge in [-0.2, -0.15) is 0 Å². The zero-order chi connectivity index (χ0) is 70.8. The summed E-state index contributed by atoms with van der Waals surface area (Å²) < 4.78 is 27.9. The number of ether oxygens (including phenoxy) is 2. The van der Waals surface area contributed by atoms with Gasteiger partial charge in [0.15, 0.2) is 11.6 Å². The highest BCUT2D eigenvalue weighted by molar-refractivity contribution is 6.11. The van der Waals surface area contributed by atoms with Crippen LogP contribution < -0.4 is 9.47 Å². The molecule has 0 saturated carbocycles. The molecule has 1 unspecified atom stereocenters. The van der Waals surface area contributed by atoms with Crippen LogP contribution in [0.2, 0.25) is 0 Å². The third-order valence-electron chi connectivity index (χ3n) is 22.8. The second-order valence-electron chi connectivity index (χ2n) is 28.5. The van der Waals surface area contributed by atoms with Gasteiger partial charge in [0.25, 0.3) is 0 Å². The van der Waals surface area contributed by atoms with Gasteiger partial charge in [0.2, 0.25) is 0 Å². The van der Waals surface area contributed by atoms with Gasteiger partial charge in [-0.1, -0.05) is 267 Å². The summed E-state index contributed by atoms with van der Waals surface area (Å²) in [6.45, 7) is 0. The minimum absolute atomic E-state index is 0.586. The molecule has 2 aliphatic carbocycles. The van der Waals surface area contributed by atoms with Crippen LogP contribution in [-0.4, -0.2) is 19.9 Å². The molecule has 0 amide bonds. The average Bonchev–Trinajstić information content (AvgIpc) is 1.51. The maximum Gasteiger partial charge on any atom is 0.160 e. The molecule has 1 atom stereocenters. The molecular weight excluding hydrogens is 1320 g/mol. The van der Waals surface area contributed by atoms with Gasteiger partial charge in [0, 0.05) is 82.7 Å². The Hall–Kier alpha value is -14.3. The lowest BCUT2D eigenvalue weighted by Gasteiger charge is -2.40. The first kappa shape index (κ1) is 60.1. The lowest BCUT2D eigenvalue weighted by Crippen LogP contribution is -2.32. The van der Waals surface area contributed by atoms with E-state index in [9.17, 15) is 0 Å². The summed E-state index contributed by atoms with van der Waals surface area (Å²) in [4.78, 5) is 21.7. The van der Waals surface area contributed by atoms with Crippen molar-refractivity contribution in [2.75, 3.05) is 0 Å². The largest absolute Gasteiger partial charge is 0.457 e. The second kappa shape index (κ2) is 23.1. The van der Waals surface area contributed by atoms with Crippen LogP contribution >= 0.6 is 0 Å². The Balaban J connectivity index is 0.697. The Morgan fingerprint density at radius 3 is 1.28 bits per heavy atom. The molecule has 8 nitrogen and oxygen atoms in total. The quantitative estimate of drug-likeness (QED) is 0.148. The number of benzene rings is 15. The maximum absolute atomic E-state index is 7.48. The second-order valence-corrected chi connectivity index (χ2v) is 28.5. The minimum Gasteiger partial charge on any atom is -0.457 e. The van der Waals surface area contributed by atoms with Crippen LogP contribution in [0.4, 0.5) is 0 Å². The standard InChI is InChI=1S/C100H58N4O4/c1-4-24-59(25-5-1)84-57-86(103-97(101-84)61-28-8-3-9-29-61)65-32-20-30-62(50-65)63-48-49-76-71(52-63)72-55-93-73(68-34-10-15-43-88(68)105-93)53-82(72)99(76)79-40-14-19-47-92(79)108-96-67(36-22-42-81(96)99)64-31-21-33-66(51-64)98-102-85(60-26-6-2-7-27-60)58-87(104-98)70-37-23-41-80-95(70)75-56-94-74(69-35-11-16-44-89(69)106-94)54-83(75)100(80)77-38-12-17-45-90(77)107-91-46-18-13-39-78(91)100/h1-58H. The number of nitrogens with zero attached hydrogens (tertiary/aromatic N) is 4. The predicted molar refractivity (Wildman–Crippen MR) is 430 cm³/mol. The lowest BCUT2D eigenvalue weighted by atomic mass is 9.65. The molecule has 15 aromatic carbocycles. The number of furan rings is 2. The highest BCUT2D eigenvalue weighted by atomic mass is 16.5. The summed E-state index contributed by atoms with van der Waals surface area (Å²) in [5.41, 5.74) is 28.0. The summed E-state index contributed by atoms with van der Waals surface area (Å²) in [6, 6.07) is 125. The molecule has 4 aliphatic rings. The smallest absolute Gasteiger partial charge is 0.160 e. The third kappa shape index (κ3) is 8.74. The molecule has 8 heteroatoms. The van der Waals surface area contributed by atoms with Gasteiger partial charge in [-0.05, 0) is 146 Å². The van der Waals surface area contributed by atoms with Crippen molar-refractivity contribution in [3.8, 4) is 135 Å². The zero-order valence-corrected chi connectivity index (χ0v) is 57.9. The number of fused-ring (bicyclic) bond motifs is 24. The Labute approximate surface area is 620 Å². The topological polar surface area (TPSA) is 96.3 Å². The highest BCUT2D eigenvalue weighted by Gasteiger charge is 2.54. The van der Waals surface area contributed by atoms with E-state index in [2.05, 4.69) is 315 Å². The number of rotatable bonds is 8. The lowest BCUT2D eigenvalue weighted by molar-refractivity contribution is 0.436. The molecule has 2 aliphatic heterocycles. The van der Waals surface area contributed by atoms with Crippen molar-refractivity contribution < 1.29 is 18.3 Å². The van der Waals surface area contributed by atoms with Crippen LogP contribution in [0.25, 0.3) is 156 Å². The molecule has 4 aromatic heterocycles. The minimum atomic E-state index is -0.849. The van der Waals surface area contributed by atoms with Crippen LogP contribution in [0.5, 0.6) is 23.0 Å². The van der Waals surface area contributed by atoms with E-state index in [1.54, 1.807) is 0 Å². The molecule has 0 radical (unpaired) electrons. The van der Waals surface area contributed by atoms with Gasteiger partial charge in [-0.3, -0.25) is 0 Å². The number of para-hydroxylation sites is 6. The van der Waals surface area contributed by atoms with Crippen LogP contribution in [-0.2, 0) is 10.8 Å². The first-order valence-electron chi connectivity index (χ1n) is 36.6. The van der Waals surface area contributed by atoms with E-state index >= 15 is 0 Å². The highest BCUT2D eigenvalue weighted by Crippen LogP contribution is 2.67. The fraction of sp³-hybridized carbons (Fsp3) is 0.0200. The molecule has 0 bridgehead atoms. The number of hydrogen-bond acceptors (Lipinski definition) is 8. The van der Waals surface area contributed by atoms with Crippen LogP contribution in [0.3, 0.4) is 0 Å². The van der Waals surface area contributed by atoms with Crippen molar-refractivity contribution in [3.05, 3.63) is 396 Å². The van der Waals surface area contributed by atoms with Crippen LogP contribution in [0, 0.1) is 0 Å². The molecule has 23 rings (SSSR count). The monoisotopic (exact) mass is 1380 g/mol. The maximum atomic E-state index is 7.48. The molecule has 2 spiro atoms. The van der Waals surface area contributed by atoms with Crippen molar-refractivity contribution >= 4 is 43.9 Å². The van der Waals surface area contributed by atoms with E-state index in [1.807, 2.05) is 36.4 Å². The Morgan fingerprint density at radius 2 is 0.630 bits per heavy atom. The van der Waals surface area contributed by atoms with E-state index in [0.29, 0.717) is 11.6 Å². The molecule has 0 saturated heterocycles. The number of hydrogen-bond donors (Lipinski definition) is 0. The molecular formula is C100H58N4O4. The molecule has 0 N–H and O–H groups in total. The summed E-state index contributed by atoms with van der Waals surface area (Å²) in [6.07, 6.45) is 0. The van der Waals surface area contributed by atoms with E-state index < -0.39 is 10.8 Å². The van der Waals surface area contributed by atoms with E-state index in [4.69, 9.17) is 38.2 Å². The predicted octanol–water partition coefficient (Wildman–Crippen LogP) is 25.3. The average molecular weight is 1380 g/mol. The van der Waals surface area contributed by atoms with Crippen molar-refractivity contribution in [1.82, 2.24) is 19.9 Å². The molecule has 6 heterocycles. The fourth-order valence-corrected chi connectivity index (χ4v) is 18.2. The first-order valence-corrected chi connectivity index (χ1v) is 36.6. The first-order chi connectivity index (χ1) is 53.5. The van der Waals surface area contributed by atoms with Gasteiger partial charge in [0.05, 0.1) is 33.6 Å². The van der Waals surface area contributed by atoms with Gasteiger partial charge in [0.1, 0.15) is 45.3 Å². The van der Waals surface area contributed by atoms with Crippen molar-refractivity contribution in [2.24, 2.45) is 0 Å². The van der Waals surface area contributed by atoms with Crippen molar-refractivity contribution in [1.29, 1.82) is 0 Å². The van der Waals surface area contributed by atoms with E-state index in [-0.39, 0.29) is 0 Å². The Morgan fingerprint density at radius 1 is 0.204 bits per heavy atom. The molecule has 0 fully saturated rings. The zero-order valence-electron chi connectivity index (χ0n) is 57.9.